The first kappa shape index (κ1) is 15.4. The Kier molecular flexibility index (Phi) is 4.52. The quantitative estimate of drug-likeness (QED) is 0.820. The normalized spacial score (nSPS) is 11.1. The highest BCUT2D eigenvalue weighted by Crippen LogP contribution is 2.34. The number of ether oxygens (including phenoxy) is 1. The second kappa shape index (κ2) is 5.57. The zero-order chi connectivity index (χ0) is 14.8. The molecule has 1 aromatic rings. The summed E-state index contributed by atoms with van der Waals surface area (Å²) in [5.41, 5.74) is 6.47. The molecule has 0 atom stereocenters. The van der Waals surface area contributed by atoms with Crippen LogP contribution in [0, 0.1) is 0 Å². The van der Waals surface area contributed by atoms with Crippen LogP contribution in [0.25, 0.3) is 0 Å². The predicted molar refractivity (Wildman–Crippen MR) is 79.1 cm³/mol. The Morgan fingerprint density at radius 2 is 1.95 bits per heavy atom. The number of carbonyl (C=O) groups excluding carboxylic acids is 1. The molecule has 0 unspecified atom stereocenters. The summed E-state index contributed by atoms with van der Waals surface area (Å²) >= 11 is 6.06. The van der Waals surface area contributed by atoms with Gasteiger partial charge in [0.15, 0.2) is 5.75 Å². The summed E-state index contributed by atoms with van der Waals surface area (Å²) in [5, 5.41) is 3.20. The number of nitrogens with two attached hydrogens (primary N) is 1. The summed E-state index contributed by atoms with van der Waals surface area (Å²) < 4.78 is 5.21. The largest absolute Gasteiger partial charge is 0.413 e. The van der Waals surface area contributed by atoms with Gasteiger partial charge >= 0.3 is 6.09 Å². The van der Waals surface area contributed by atoms with Crippen LogP contribution in [0.1, 0.15) is 20.8 Å². The van der Waals surface area contributed by atoms with Crippen LogP contribution in [-0.2, 0) is 0 Å². The van der Waals surface area contributed by atoms with Crippen LogP contribution in [0.15, 0.2) is 12.1 Å². The average Bonchev–Trinajstić information content (AvgIpc) is 2.18. The van der Waals surface area contributed by atoms with E-state index in [0.29, 0.717) is 10.7 Å². The number of rotatable bonds is 2. The van der Waals surface area contributed by atoms with Crippen LogP contribution in [-0.4, -0.2) is 25.7 Å². The Labute approximate surface area is 118 Å². The van der Waals surface area contributed by atoms with Gasteiger partial charge in [0.25, 0.3) is 0 Å². The van der Waals surface area contributed by atoms with Crippen LogP contribution >= 0.6 is 11.6 Å². The third-order valence-corrected chi connectivity index (χ3v) is 2.54. The van der Waals surface area contributed by atoms with Gasteiger partial charge in [-0.25, -0.2) is 4.79 Å². The Morgan fingerprint density at radius 3 is 2.42 bits per heavy atom. The molecule has 1 amide bonds. The lowest BCUT2D eigenvalue weighted by molar-refractivity contribution is 0.191. The highest BCUT2D eigenvalue weighted by molar-refractivity contribution is 6.33. The van der Waals surface area contributed by atoms with Gasteiger partial charge in [-0.1, -0.05) is 11.6 Å². The first-order chi connectivity index (χ1) is 8.60. The molecule has 0 aliphatic heterocycles. The van der Waals surface area contributed by atoms with E-state index in [2.05, 4.69) is 5.32 Å². The van der Waals surface area contributed by atoms with Gasteiger partial charge in [0, 0.05) is 25.7 Å². The topological polar surface area (TPSA) is 67.6 Å². The summed E-state index contributed by atoms with van der Waals surface area (Å²) in [7, 11) is 3.69. The van der Waals surface area contributed by atoms with E-state index < -0.39 is 6.09 Å². The first-order valence-electron chi connectivity index (χ1n) is 5.86. The van der Waals surface area contributed by atoms with Gasteiger partial charge in [-0.05, 0) is 26.8 Å². The van der Waals surface area contributed by atoms with E-state index in [9.17, 15) is 4.79 Å². The van der Waals surface area contributed by atoms with Crippen molar-refractivity contribution in [3.8, 4) is 5.75 Å². The Morgan fingerprint density at radius 1 is 1.37 bits per heavy atom. The van der Waals surface area contributed by atoms with Crippen molar-refractivity contribution in [3.05, 3.63) is 17.2 Å². The fourth-order valence-electron chi connectivity index (χ4n) is 1.42. The summed E-state index contributed by atoms with van der Waals surface area (Å²) in [6.45, 7) is 5.60. The van der Waals surface area contributed by atoms with Crippen molar-refractivity contribution in [2.24, 2.45) is 0 Å². The van der Waals surface area contributed by atoms with Crippen LogP contribution in [0.3, 0.4) is 0 Å². The van der Waals surface area contributed by atoms with E-state index in [1.165, 1.54) is 0 Å². The molecule has 0 aliphatic rings. The van der Waals surface area contributed by atoms with Crippen molar-refractivity contribution in [1.82, 2.24) is 5.32 Å². The Hall–Kier alpha value is -1.62. The van der Waals surface area contributed by atoms with Crippen molar-refractivity contribution < 1.29 is 9.53 Å². The molecule has 5 nitrogen and oxygen atoms in total. The molecule has 0 bridgehead atoms. The van der Waals surface area contributed by atoms with E-state index in [4.69, 9.17) is 22.1 Å². The monoisotopic (exact) mass is 285 g/mol. The van der Waals surface area contributed by atoms with Gasteiger partial charge in [-0.15, -0.1) is 0 Å². The number of carbonyl (C=O) groups is 1. The molecular formula is C13H20ClN3O2. The molecule has 0 radical (unpaired) electrons. The van der Waals surface area contributed by atoms with Gasteiger partial charge < -0.3 is 20.7 Å². The molecule has 6 heteroatoms. The minimum atomic E-state index is -0.550. The minimum Gasteiger partial charge on any atom is -0.408 e. The molecule has 3 N–H and O–H groups in total. The van der Waals surface area contributed by atoms with Gasteiger partial charge in [0.05, 0.1) is 16.4 Å². The number of hydrogen-bond acceptors (Lipinski definition) is 4. The second-order valence-corrected chi connectivity index (χ2v) is 5.91. The smallest absolute Gasteiger partial charge is 0.408 e. The number of benzene rings is 1. The summed E-state index contributed by atoms with van der Waals surface area (Å²) in [6, 6.07) is 3.20. The fourth-order valence-corrected chi connectivity index (χ4v) is 1.76. The zero-order valence-electron chi connectivity index (χ0n) is 11.9. The number of nitrogens with zero attached hydrogens (tertiary/aromatic N) is 1. The second-order valence-electron chi connectivity index (χ2n) is 5.50. The molecule has 106 valence electrons. The molecule has 0 heterocycles. The highest BCUT2D eigenvalue weighted by atomic mass is 35.5. The Balaban J connectivity index is 2.95. The van der Waals surface area contributed by atoms with Crippen LogP contribution in [0.5, 0.6) is 5.75 Å². The third kappa shape index (κ3) is 4.52. The van der Waals surface area contributed by atoms with Crippen molar-refractivity contribution in [2.75, 3.05) is 24.7 Å². The van der Waals surface area contributed by atoms with Gasteiger partial charge in [-0.3, -0.25) is 0 Å². The van der Waals surface area contributed by atoms with Crippen LogP contribution in [0.2, 0.25) is 5.02 Å². The average molecular weight is 286 g/mol. The summed E-state index contributed by atoms with van der Waals surface area (Å²) in [5.74, 6) is 0.287. The number of nitrogens with one attached hydrogen (secondary N) is 1. The maximum absolute atomic E-state index is 11.7. The van der Waals surface area contributed by atoms with Crippen LogP contribution < -0.4 is 20.7 Å². The van der Waals surface area contributed by atoms with E-state index in [1.54, 1.807) is 12.1 Å². The van der Waals surface area contributed by atoms with Crippen LogP contribution in [0.4, 0.5) is 16.2 Å². The lowest BCUT2D eigenvalue weighted by Crippen LogP contribution is -2.42. The lowest BCUT2D eigenvalue weighted by Gasteiger charge is -2.21. The molecule has 0 spiro atoms. The van der Waals surface area contributed by atoms with Gasteiger partial charge in [0.2, 0.25) is 0 Å². The van der Waals surface area contributed by atoms with Crippen molar-refractivity contribution in [1.29, 1.82) is 0 Å². The highest BCUT2D eigenvalue weighted by Gasteiger charge is 2.17. The SMILES string of the molecule is CN(C)c1cc(OC(=O)NC(C)(C)C)c(N)cc1Cl. The maximum Gasteiger partial charge on any atom is 0.413 e. The third-order valence-electron chi connectivity index (χ3n) is 2.24. The minimum absolute atomic E-state index is 0.287. The Bertz CT molecular complexity index is 482. The molecule has 0 fully saturated rings. The molecule has 0 aliphatic carbocycles. The molecule has 1 aromatic carbocycles. The van der Waals surface area contributed by atoms with E-state index in [0.717, 1.165) is 5.69 Å². The van der Waals surface area contributed by atoms with E-state index >= 15 is 0 Å². The fraction of sp³-hybridized carbons (Fsp3) is 0.462. The summed E-state index contributed by atoms with van der Waals surface area (Å²) in [4.78, 5) is 13.5. The molecule has 19 heavy (non-hydrogen) atoms. The number of hydrogen-bond donors (Lipinski definition) is 2. The van der Waals surface area contributed by atoms with E-state index in [-0.39, 0.29) is 11.3 Å². The number of amides is 1. The van der Waals surface area contributed by atoms with Crippen molar-refractivity contribution >= 4 is 29.1 Å². The molecule has 1 rings (SSSR count). The predicted octanol–water partition coefficient (Wildman–Crippen LogP) is 2.88. The molecule has 0 saturated heterocycles. The summed E-state index contributed by atoms with van der Waals surface area (Å²) in [6.07, 6.45) is -0.550. The van der Waals surface area contributed by atoms with E-state index in [1.807, 2.05) is 39.8 Å². The number of anilines is 2. The molecule has 0 saturated carbocycles. The molecule has 0 aromatic heterocycles. The molecular weight excluding hydrogens is 266 g/mol. The van der Waals surface area contributed by atoms with Crippen molar-refractivity contribution in [2.45, 2.75) is 26.3 Å². The lowest BCUT2D eigenvalue weighted by atomic mass is 10.1. The number of halogens is 1. The van der Waals surface area contributed by atoms with Gasteiger partial charge in [-0.2, -0.15) is 0 Å². The van der Waals surface area contributed by atoms with Gasteiger partial charge in [0.1, 0.15) is 0 Å². The standard InChI is InChI=1S/C13H20ClN3O2/c1-13(2,3)16-12(18)19-11-7-10(17(4)5)8(14)6-9(11)15/h6-7H,15H2,1-5H3,(H,16,18). The van der Waals surface area contributed by atoms with Crippen molar-refractivity contribution in [3.63, 3.8) is 0 Å². The first-order valence-corrected chi connectivity index (χ1v) is 6.24. The zero-order valence-corrected chi connectivity index (χ0v) is 12.6. The number of nitrogen functional groups attached to an aromatic ring is 1. The maximum atomic E-state index is 11.7.